The fourth-order valence-corrected chi connectivity index (χ4v) is 5.27. The van der Waals surface area contributed by atoms with Crippen molar-refractivity contribution in [1.29, 1.82) is 0 Å². The van der Waals surface area contributed by atoms with Gasteiger partial charge in [-0.1, -0.05) is 79.9 Å². The molecule has 0 bridgehead atoms. The number of benzene rings is 2. The number of aliphatic imine (C=N–C) groups is 1. The maximum atomic E-state index is 13.6. The first-order chi connectivity index (χ1) is 22.6. The molecule has 2 atom stereocenters. The molecule has 0 spiro atoms. The van der Waals surface area contributed by atoms with Gasteiger partial charge in [-0.3, -0.25) is 14.9 Å². The Balaban J connectivity index is 0.000000338. The van der Waals surface area contributed by atoms with Gasteiger partial charge in [-0.2, -0.15) is 0 Å². The predicted octanol–water partition coefficient (Wildman–Crippen LogP) is 8.02. The van der Waals surface area contributed by atoms with Crippen LogP contribution in [0.2, 0.25) is 10.0 Å². The molecule has 0 N–H and O–H groups in total. The van der Waals surface area contributed by atoms with Gasteiger partial charge in [0.1, 0.15) is 11.6 Å². The molecule has 2 aliphatic rings. The molecule has 0 aliphatic carbocycles. The number of amidine groups is 1. The van der Waals surface area contributed by atoms with Gasteiger partial charge in [0.15, 0.2) is 0 Å². The first kappa shape index (κ1) is 38.6. The van der Waals surface area contributed by atoms with E-state index in [4.69, 9.17) is 32.9 Å². The van der Waals surface area contributed by atoms with E-state index in [2.05, 4.69) is 25.8 Å². The Bertz CT molecular complexity index is 1500. The van der Waals surface area contributed by atoms with E-state index < -0.39 is 0 Å². The molecule has 2 unspecified atom stereocenters. The summed E-state index contributed by atoms with van der Waals surface area (Å²) in [6, 6.07) is 18.9. The molecule has 4 amide bonds. The monoisotopic (exact) mass is 696 g/mol. The number of halogens is 2. The highest BCUT2D eigenvalue weighted by Crippen LogP contribution is 2.31. The lowest BCUT2D eigenvalue weighted by Gasteiger charge is -2.38. The van der Waals surface area contributed by atoms with Crippen molar-refractivity contribution in [1.82, 2.24) is 24.6 Å². The lowest BCUT2D eigenvalue weighted by atomic mass is 9.91. The SMILES string of the molecule is CCOc1cc(C(C)(C)C)ncc1C1=NC(C)C(C)N1C(=O)N1CCN(C(=O)N(C)C)CC1.Cc1ccc(Cl)cc1.Clc1ccccc1. The molecule has 9 nitrogen and oxygen atoms in total. The van der Waals surface area contributed by atoms with Crippen LogP contribution in [0.4, 0.5) is 9.59 Å². The molecule has 1 saturated heterocycles. The van der Waals surface area contributed by atoms with Crippen LogP contribution >= 0.6 is 23.2 Å². The Morgan fingerprint density at radius 1 is 0.917 bits per heavy atom. The lowest BCUT2D eigenvalue weighted by Crippen LogP contribution is -2.57. The summed E-state index contributed by atoms with van der Waals surface area (Å²) >= 11 is 11.2. The average Bonchev–Trinajstić information content (AvgIpc) is 3.35. The normalized spacial score (nSPS) is 17.4. The molecule has 0 saturated carbocycles. The first-order valence-corrected chi connectivity index (χ1v) is 17.1. The van der Waals surface area contributed by atoms with Gasteiger partial charge in [0.2, 0.25) is 0 Å². The van der Waals surface area contributed by atoms with Gasteiger partial charge >= 0.3 is 12.1 Å². The molecule has 3 heterocycles. The van der Waals surface area contributed by atoms with Crippen molar-refractivity contribution in [3.05, 3.63) is 93.7 Å². The van der Waals surface area contributed by atoms with Crippen molar-refractivity contribution in [2.24, 2.45) is 4.99 Å². The van der Waals surface area contributed by atoms with E-state index in [0.29, 0.717) is 44.4 Å². The van der Waals surface area contributed by atoms with Crippen LogP contribution in [0.5, 0.6) is 5.75 Å². The Kier molecular flexibility index (Phi) is 14.1. The number of amides is 4. The van der Waals surface area contributed by atoms with Crippen molar-refractivity contribution in [2.75, 3.05) is 46.9 Å². The summed E-state index contributed by atoms with van der Waals surface area (Å²) in [5, 5.41) is 1.60. The number of urea groups is 2. The van der Waals surface area contributed by atoms with Crippen molar-refractivity contribution in [3.8, 4) is 5.75 Å². The maximum Gasteiger partial charge on any atom is 0.326 e. The van der Waals surface area contributed by atoms with Crippen molar-refractivity contribution < 1.29 is 14.3 Å². The molecule has 3 aromatic rings. The van der Waals surface area contributed by atoms with Crippen LogP contribution in [0.1, 0.15) is 58.4 Å². The second kappa shape index (κ2) is 17.5. The molecule has 1 fully saturated rings. The highest BCUT2D eigenvalue weighted by molar-refractivity contribution is 6.30. The molecular formula is C37H50Cl2N6O3. The predicted molar refractivity (Wildman–Crippen MR) is 197 cm³/mol. The molecule has 0 radical (unpaired) electrons. The third-order valence-corrected chi connectivity index (χ3v) is 8.49. The van der Waals surface area contributed by atoms with Gasteiger partial charge in [-0.15, -0.1) is 0 Å². The summed E-state index contributed by atoms with van der Waals surface area (Å²) in [5.41, 5.74) is 2.78. The number of ether oxygens (including phenoxy) is 1. The lowest BCUT2D eigenvalue weighted by molar-refractivity contribution is 0.117. The number of hydrogen-bond acceptors (Lipinski definition) is 5. The van der Waals surface area contributed by atoms with Crippen molar-refractivity contribution in [3.63, 3.8) is 0 Å². The molecular weight excluding hydrogens is 647 g/mol. The number of aryl methyl sites for hydroxylation is 1. The third-order valence-electron chi connectivity index (χ3n) is 7.99. The molecule has 1 aromatic heterocycles. The third kappa shape index (κ3) is 10.6. The van der Waals surface area contributed by atoms with Crippen LogP contribution in [0, 0.1) is 6.92 Å². The average molecular weight is 698 g/mol. The zero-order chi connectivity index (χ0) is 35.6. The van der Waals surface area contributed by atoms with Gasteiger partial charge in [-0.25, -0.2) is 9.59 Å². The van der Waals surface area contributed by atoms with E-state index in [1.54, 1.807) is 39.9 Å². The van der Waals surface area contributed by atoms with Crippen LogP contribution in [-0.4, -0.2) is 101 Å². The van der Waals surface area contributed by atoms with Gasteiger partial charge in [0, 0.05) is 73.7 Å². The molecule has 2 aromatic carbocycles. The van der Waals surface area contributed by atoms with E-state index in [9.17, 15) is 9.59 Å². The van der Waals surface area contributed by atoms with Crippen LogP contribution in [0.3, 0.4) is 0 Å². The number of nitrogens with zero attached hydrogens (tertiary/aromatic N) is 6. The summed E-state index contributed by atoms with van der Waals surface area (Å²) in [6.45, 7) is 16.9. The van der Waals surface area contributed by atoms with Gasteiger partial charge in [-0.05, 0) is 52.0 Å². The summed E-state index contributed by atoms with van der Waals surface area (Å²) in [4.78, 5) is 42.3. The van der Waals surface area contributed by atoms with Crippen LogP contribution in [0.15, 0.2) is 71.9 Å². The van der Waals surface area contributed by atoms with E-state index >= 15 is 0 Å². The van der Waals surface area contributed by atoms with Crippen LogP contribution in [-0.2, 0) is 5.41 Å². The fourth-order valence-electron chi connectivity index (χ4n) is 5.00. The quantitative estimate of drug-likeness (QED) is 0.278. The van der Waals surface area contributed by atoms with Crippen LogP contribution < -0.4 is 4.74 Å². The largest absolute Gasteiger partial charge is 0.493 e. The first-order valence-electron chi connectivity index (χ1n) is 16.3. The number of hydrogen-bond donors (Lipinski definition) is 0. The van der Waals surface area contributed by atoms with Crippen molar-refractivity contribution >= 4 is 41.1 Å². The maximum absolute atomic E-state index is 13.6. The molecule has 5 rings (SSSR count). The van der Waals surface area contributed by atoms with Crippen molar-refractivity contribution in [2.45, 2.75) is 66.0 Å². The number of carbonyl (C=O) groups excluding carboxylic acids is 2. The summed E-state index contributed by atoms with van der Waals surface area (Å²) in [7, 11) is 3.48. The second-order valence-electron chi connectivity index (χ2n) is 13.1. The smallest absolute Gasteiger partial charge is 0.326 e. The topological polar surface area (TPSA) is 81.6 Å². The number of piperazine rings is 1. The standard InChI is InChI=1S/C24H38N6O3.C7H7Cl.C6H5Cl/c1-9-33-19-14-20(24(4,5)6)25-15-18(19)21-26-16(2)17(3)30(21)23(32)29-12-10-28(11-13-29)22(31)27(7)8;1-6-2-4-7(8)5-3-6;7-6-4-2-1-3-5-6/h14-17H,9-13H2,1-8H3;2-5H,1H3;1-5H. The Morgan fingerprint density at radius 3 is 1.96 bits per heavy atom. The number of carbonyl (C=O) groups is 2. The Morgan fingerprint density at radius 2 is 1.48 bits per heavy atom. The van der Waals surface area contributed by atoms with E-state index in [1.807, 2.05) is 88.4 Å². The summed E-state index contributed by atoms with van der Waals surface area (Å²) in [5.74, 6) is 1.29. The van der Waals surface area contributed by atoms with E-state index in [1.165, 1.54) is 5.56 Å². The Hall–Kier alpha value is -3.82. The summed E-state index contributed by atoms with van der Waals surface area (Å²) in [6.07, 6.45) is 1.78. The Labute approximate surface area is 296 Å². The minimum atomic E-state index is -0.123. The molecule has 2 aliphatic heterocycles. The minimum absolute atomic E-state index is 0.0288. The highest BCUT2D eigenvalue weighted by atomic mass is 35.5. The minimum Gasteiger partial charge on any atom is -0.493 e. The highest BCUT2D eigenvalue weighted by Gasteiger charge is 2.40. The zero-order valence-corrected chi connectivity index (χ0v) is 31.2. The van der Waals surface area contributed by atoms with E-state index in [-0.39, 0.29) is 29.6 Å². The molecule has 48 heavy (non-hydrogen) atoms. The van der Waals surface area contributed by atoms with Gasteiger partial charge in [0.25, 0.3) is 0 Å². The van der Waals surface area contributed by atoms with Gasteiger partial charge in [0.05, 0.1) is 24.3 Å². The van der Waals surface area contributed by atoms with Crippen LogP contribution in [0.25, 0.3) is 0 Å². The fraction of sp³-hybridized carbons (Fsp3) is 0.459. The number of rotatable bonds is 3. The van der Waals surface area contributed by atoms with E-state index in [0.717, 1.165) is 21.3 Å². The number of pyridine rings is 1. The summed E-state index contributed by atoms with van der Waals surface area (Å²) < 4.78 is 5.97. The zero-order valence-electron chi connectivity index (χ0n) is 29.7. The number of aromatic nitrogens is 1. The molecule has 260 valence electrons. The van der Waals surface area contributed by atoms with Gasteiger partial charge < -0.3 is 19.4 Å². The molecule has 11 heteroatoms. The second-order valence-corrected chi connectivity index (χ2v) is 14.0.